The molecule has 1 saturated carbocycles. The lowest BCUT2D eigenvalue weighted by atomic mass is 9.85. The molecule has 0 radical (unpaired) electrons. The molecule has 0 bridgehead atoms. The second-order valence-electron chi connectivity index (χ2n) is 5.42. The minimum absolute atomic E-state index is 0.274. The van der Waals surface area contributed by atoms with Crippen molar-refractivity contribution in [3.8, 4) is 5.75 Å². The fourth-order valence-corrected chi connectivity index (χ4v) is 2.48. The third-order valence-electron chi connectivity index (χ3n) is 3.75. The largest absolute Gasteiger partial charge is 0.490 e. The van der Waals surface area contributed by atoms with Crippen LogP contribution in [0.1, 0.15) is 48.0 Å². The van der Waals surface area contributed by atoms with E-state index in [1.54, 1.807) is 18.2 Å². The van der Waals surface area contributed by atoms with E-state index in [4.69, 9.17) is 10.5 Å². The fraction of sp³-hybridized carbons (Fsp3) is 0.533. The summed E-state index contributed by atoms with van der Waals surface area (Å²) in [4.78, 5) is 11.2. The number of carbonyl (C=O) groups is 1. The molecule has 1 aliphatic rings. The zero-order chi connectivity index (χ0) is 13.9. The van der Waals surface area contributed by atoms with E-state index in [0.29, 0.717) is 11.3 Å². The zero-order valence-corrected chi connectivity index (χ0v) is 11.3. The molecule has 0 aliphatic heterocycles. The number of hydrogen-bond acceptors (Lipinski definition) is 3. The van der Waals surface area contributed by atoms with Gasteiger partial charge in [-0.05, 0) is 37.5 Å². The van der Waals surface area contributed by atoms with Gasteiger partial charge in [0.15, 0.2) is 0 Å². The van der Waals surface area contributed by atoms with Crippen molar-refractivity contribution in [3.05, 3.63) is 29.3 Å². The standard InChI is InChI=1S/C15H21NO3/c1-11-5-6-12(14(16)17)9-13(11)19-10-15(18)7-3-2-4-8-15/h5-6,9,18H,2-4,7-8,10H2,1H3,(H2,16,17). The Morgan fingerprint density at radius 3 is 2.68 bits per heavy atom. The van der Waals surface area contributed by atoms with Crippen LogP contribution < -0.4 is 10.5 Å². The Labute approximate surface area is 113 Å². The summed E-state index contributed by atoms with van der Waals surface area (Å²) in [5, 5.41) is 10.4. The van der Waals surface area contributed by atoms with E-state index in [1.807, 2.05) is 6.92 Å². The van der Waals surface area contributed by atoms with Crippen LogP contribution in [-0.2, 0) is 0 Å². The van der Waals surface area contributed by atoms with Crippen LogP contribution in [-0.4, -0.2) is 23.2 Å². The number of rotatable bonds is 4. The van der Waals surface area contributed by atoms with Gasteiger partial charge < -0.3 is 15.6 Å². The van der Waals surface area contributed by atoms with Crippen molar-refractivity contribution in [1.29, 1.82) is 0 Å². The molecule has 19 heavy (non-hydrogen) atoms. The molecular formula is C15H21NO3. The first kappa shape index (κ1) is 13.9. The second kappa shape index (κ2) is 5.61. The molecule has 0 unspecified atom stereocenters. The molecule has 0 heterocycles. The van der Waals surface area contributed by atoms with E-state index in [2.05, 4.69) is 0 Å². The van der Waals surface area contributed by atoms with Gasteiger partial charge in [-0.15, -0.1) is 0 Å². The number of hydrogen-bond donors (Lipinski definition) is 2. The molecule has 4 nitrogen and oxygen atoms in total. The summed E-state index contributed by atoms with van der Waals surface area (Å²) in [5.41, 5.74) is 5.89. The number of benzene rings is 1. The van der Waals surface area contributed by atoms with Crippen LogP contribution in [0, 0.1) is 6.92 Å². The third-order valence-corrected chi connectivity index (χ3v) is 3.75. The Balaban J connectivity index is 2.06. The van der Waals surface area contributed by atoms with Crippen LogP contribution in [0.5, 0.6) is 5.75 Å². The smallest absolute Gasteiger partial charge is 0.248 e. The highest BCUT2D eigenvalue weighted by atomic mass is 16.5. The number of amides is 1. The Hall–Kier alpha value is -1.55. The monoisotopic (exact) mass is 263 g/mol. The number of ether oxygens (including phenoxy) is 1. The molecule has 1 fully saturated rings. The molecule has 4 heteroatoms. The number of carbonyl (C=O) groups excluding carboxylic acids is 1. The highest BCUT2D eigenvalue weighted by Gasteiger charge is 2.30. The first-order chi connectivity index (χ1) is 9.00. The summed E-state index contributed by atoms with van der Waals surface area (Å²) in [6, 6.07) is 5.13. The summed E-state index contributed by atoms with van der Waals surface area (Å²) >= 11 is 0. The normalized spacial score (nSPS) is 18.0. The summed E-state index contributed by atoms with van der Waals surface area (Å²) in [6.45, 7) is 2.18. The molecule has 3 N–H and O–H groups in total. The molecule has 1 aliphatic carbocycles. The second-order valence-corrected chi connectivity index (χ2v) is 5.42. The first-order valence-corrected chi connectivity index (χ1v) is 6.76. The van der Waals surface area contributed by atoms with Gasteiger partial charge in [0, 0.05) is 5.56 Å². The maximum absolute atomic E-state index is 11.2. The Kier molecular flexibility index (Phi) is 4.10. The number of aliphatic hydroxyl groups is 1. The maximum atomic E-state index is 11.2. The van der Waals surface area contributed by atoms with E-state index in [1.165, 1.54) is 6.42 Å². The molecule has 0 atom stereocenters. The molecule has 0 saturated heterocycles. The summed E-state index contributed by atoms with van der Waals surface area (Å²) in [6.07, 6.45) is 4.82. The minimum Gasteiger partial charge on any atom is -0.490 e. The topological polar surface area (TPSA) is 72.6 Å². The third kappa shape index (κ3) is 3.47. The zero-order valence-electron chi connectivity index (χ0n) is 11.3. The van der Waals surface area contributed by atoms with Crippen molar-refractivity contribution in [1.82, 2.24) is 0 Å². The van der Waals surface area contributed by atoms with Crippen molar-refractivity contribution < 1.29 is 14.6 Å². The van der Waals surface area contributed by atoms with E-state index in [0.717, 1.165) is 31.2 Å². The lowest BCUT2D eigenvalue weighted by Gasteiger charge is -2.31. The van der Waals surface area contributed by atoms with Crippen molar-refractivity contribution in [2.75, 3.05) is 6.61 Å². The van der Waals surface area contributed by atoms with Crippen LogP contribution in [0.25, 0.3) is 0 Å². The van der Waals surface area contributed by atoms with Crippen molar-refractivity contribution in [2.45, 2.75) is 44.6 Å². The van der Waals surface area contributed by atoms with Gasteiger partial charge in [-0.3, -0.25) is 4.79 Å². The molecule has 1 aromatic rings. The predicted molar refractivity (Wildman–Crippen MR) is 73.2 cm³/mol. The molecule has 0 spiro atoms. The van der Waals surface area contributed by atoms with E-state index in [9.17, 15) is 9.90 Å². The van der Waals surface area contributed by atoms with Gasteiger partial charge in [-0.1, -0.05) is 25.3 Å². The quantitative estimate of drug-likeness (QED) is 0.874. The van der Waals surface area contributed by atoms with Crippen LogP contribution >= 0.6 is 0 Å². The van der Waals surface area contributed by atoms with Gasteiger partial charge in [0.25, 0.3) is 0 Å². The Bertz CT molecular complexity index is 464. The highest BCUT2D eigenvalue weighted by Crippen LogP contribution is 2.29. The van der Waals surface area contributed by atoms with Crippen molar-refractivity contribution in [3.63, 3.8) is 0 Å². The van der Waals surface area contributed by atoms with Gasteiger partial charge in [0.2, 0.25) is 5.91 Å². The fourth-order valence-electron chi connectivity index (χ4n) is 2.48. The molecule has 1 amide bonds. The van der Waals surface area contributed by atoms with Gasteiger partial charge in [0.1, 0.15) is 12.4 Å². The van der Waals surface area contributed by atoms with E-state index in [-0.39, 0.29) is 6.61 Å². The van der Waals surface area contributed by atoms with Crippen molar-refractivity contribution >= 4 is 5.91 Å². The van der Waals surface area contributed by atoms with Crippen LogP contribution in [0.3, 0.4) is 0 Å². The van der Waals surface area contributed by atoms with Gasteiger partial charge in [0.05, 0.1) is 5.60 Å². The molecule has 0 aromatic heterocycles. The summed E-state index contributed by atoms with van der Waals surface area (Å²) in [7, 11) is 0. The van der Waals surface area contributed by atoms with Crippen LogP contribution in [0.15, 0.2) is 18.2 Å². The molecule has 104 valence electrons. The van der Waals surface area contributed by atoms with Gasteiger partial charge in [-0.2, -0.15) is 0 Å². The minimum atomic E-state index is -0.729. The molecular weight excluding hydrogens is 242 g/mol. The molecule has 1 aromatic carbocycles. The lowest BCUT2D eigenvalue weighted by Crippen LogP contribution is -2.38. The van der Waals surface area contributed by atoms with E-state index >= 15 is 0 Å². The number of primary amides is 1. The van der Waals surface area contributed by atoms with E-state index < -0.39 is 11.5 Å². The van der Waals surface area contributed by atoms with Crippen LogP contribution in [0.4, 0.5) is 0 Å². The summed E-state index contributed by atoms with van der Waals surface area (Å²) in [5.74, 6) is 0.150. The van der Waals surface area contributed by atoms with Crippen molar-refractivity contribution in [2.24, 2.45) is 5.73 Å². The predicted octanol–water partition coefficient (Wildman–Crippen LogP) is 2.17. The average Bonchev–Trinajstić information content (AvgIpc) is 2.38. The maximum Gasteiger partial charge on any atom is 0.248 e. The Morgan fingerprint density at radius 2 is 2.05 bits per heavy atom. The lowest BCUT2D eigenvalue weighted by molar-refractivity contribution is -0.0340. The number of aryl methyl sites for hydroxylation is 1. The Morgan fingerprint density at radius 1 is 1.37 bits per heavy atom. The number of nitrogens with two attached hydrogens (primary N) is 1. The van der Waals surface area contributed by atoms with Crippen LogP contribution in [0.2, 0.25) is 0 Å². The average molecular weight is 263 g/mol. The van der Waals surface area contributed by atoms with Gasteiger partial charge in [-0.25, -0.2) is 0 Å². The first-order valence-electron chi connectivity index (χ1n) is 6.76. The van der Waals surface area contributed by atoms with Gasteiger partial charge >= 0.3 is 0 Å². The highest BCUT2D eigenvalue weighted by molar-refractivity contribution is 5.93. The molecule has 2 rings (SSSR count). The summed E-state index contributed by atoms with van der Waals surface area (Å²) < 4.78 is 5.71. The SMILES string of the molecule is Cc1ccc(C(N)=O)cc1OCC1(O)CCCCC1.